The summed E-state index contributed by atoms with van der Waals surface area (Å²) in [7, 11) is -3.93. The van der Waals surface area contributed by atoms with Crippen LogP contribution in [0.15, 0.2) is 29.3 Å². The van der Waals surface area contributed by atoms with Crippen LogP contribution in [0.3, 0.4) is 0 Å². The molecule has 0 saturated carbocycles. The van der Waals surface area contributed by atoms with Gasteiger partial charge in [0.05, 0.1) is 10.9 Å². The summed E-state index contributed by atoms with van der Waals surface area (Å²) in [5, 5.41) is 5.23. The van der Waals surface area contributed by atoms with Gasteiger partial charge in [0.25, 0.3) is 0 Å². The second-order valence-corrected chi connectivity index (χ2v) is 6.58. The van der Waals surface area contributed by atoms with E-state index in [1.165, 1.54) is 12.3 Å². The quantitative estimate of drug-likeness (QED) is 0.937. The molecule has 1 heterocycles. The standard InChI is InChI=1S/C13H17FN2O2S/c1-9(2)6-7-16-8-12(19(15,17)18)13-10(14)4-3-5-11(13)16/h3-5,8-9H,6-7H2,1-2H3,(H2,15,17,18). The molecule has 4 nitrogen and oxygen atoms in total. The van der Waals surface area contributed by atoms with Gasteiger partial charge in [0.1, 0.15) is 10.7 Å². The maximum atomic E-state index is 13.9. The number of benzene rings is 1. The number of nitrogens with two attached hydrogens (primary N) is 1. The Hall–Kier alpha value is -1.40. The number of nitrogens with zero attached hydrogens (tertiary/aromatic N) is 1. The van der Waals surface area contributed by atoms with Crippen LogP contribution in [0.5, 0.6) is 0 Å². The van der Waals surface area contributed by atoms with Gasteiger partial charge in [-0.1, -0.05) is 19.9 Å². The van der Waals surface area contributed by atoms with Gasteiger partial charge >= 0.3 is 0 Å². The van der Waals surface area contributed by atoms with E-state index in [9.17, 15) is 12.8 Å². The number of aromatic nitrogens is 1. The van der Waals surface area contributed by atoms with E-state index in [4.69, 9.17) is 5.14 Å². The number of primary sulfonamides is 1. The van der Waals surface area contributed by atoms with Gasteiger partial charge in [-0.3, -0.25) is 0 Å². The maximum absolute atomic E-state index is 13.9. The van der Waals surface area contributed by atoms with Gasteiger partial charge in [0, 0.05) is 12.7 Å². The molecule has 0 atom stereocenters. The molecule has 2 N–H and O–H groups in total. The van der Waals surface area contributed by atoms with Crippen molar-refractivity contribution in [3.05, 3.63) is 30.2 Å². The topological polar surface area (TPSA) is 65.1 Å². The first kappa shape index (κ1) is 14.0. The van der Waals surface area contributed by atoms with Crippen molar-refractivity contribution in [3.63, 3.8) is 0 Å². The van der Waals surface area contributed by atoms with Crippen LogP contribution in [0, 0.1) is 11.7 Å². The zero-order chi connectivity index (χ0) is 14.2. The molecule has 19 heavy (non-hydrogen) atoms. The number of hydrogen-bond donors (Lipinski definition) is 1. The Kier molecular flexibility index (Phi) is 3.64. The van der Waals surface area contributed by atoms with Crippen molar-refractivity contribution in [1.29, 1.82) is 0 Å². The summed E-state index contributed by atoms with van der Waals surface area (Å²) in [5.41, 5.74) is 0.560. The zero-order valence-corrected chi connectivity index (χ0v) is 11.7. The van der Waals surface area contributed by atoms with Crippen LogP contribution < -0.4 is 5.14 Å². The lowest BCUT2D eigenvalue weighted by molar-refractivity contribution is 0.523. The van der Waals surface area contributed by atoms with E-state index in [0.717, 1.165) is 6.42 Å². The Morgan fingerprint density at radius 3 is 2.63 bits per heavy atom. The van der Waals surface area contributed by atoms with Crippen molar-refractivity contribution < 1.29 is 12.8 Å². The SMILES string of the molecule is CC(C)CCn1cc(S(N)(=O)=O)c2c(F)cccc21. The van der Waals surface area contributed by atoms with Gasteiger partial charge in [0.2, 0.25) is 10.0 Å². The molecule has 0 bridgehead atoms. The van der Waals surface area contributed by atoms with Crippen molar-refractivity contribution >= 4 is 20.9 Å². The van der Waals surface area contributed by atoms with Gasteiger partial charge in [-0.15, -0.1) is 0 Å². The molecule has 0 fully saturated rings. The lowest BCUT2D eigenvalue weighted by Gasteiger charge is -2.07. The van der Waals surface area contributed by atoms with Crippen molar-refractivity contribution in [2.45, 2.75) is 31.7 Å². The number of sulfonamides is 1. The molecule has 0 amide bonds. The highest BCUT2D eigenvalue weighted by Crippen LogP contribution is 2.27. The van der Waals surface area contributed by atoms with Crippen LogP contribution in [-0.2, 0) is 16.6 Å². The normalized spacial score (nSPS) is 12.5. The van der Waals surface area contributed by atoms with Gasteiger partial charge in [0.15, 0.2) is 0 Å². The summed E-state index contributed by atoms with van der Waals surface area (Å²) < 4.78 is 38.7. The van der Waals surface area contributed by atoms with Crippen molar-refractivity contribution in [1.82, 2.24) is 4.57 Å². The highest BCUT2D eigenvalue weighted by molar-refractivity contribution is 7.89. The Labute approximate surface area is 112 Å². The predicted molar refractivity (Wildman–Crippen MR) is 72.7 cm³/mol. The molecule has 2 aromatic rings. The zero-order valence-electron chi connectivity index (χ0n) is 10.9. The molecule has 0 radical (unpaired) electrons. The van der Waals surface area contributed by atoms with Crippen LogP contribution in [0.2, 0.25) is 0 Å². The summed E-state index contributed by atoms with van der Waals surface area (Å²) in [5.74, 6) is -0.0891. The Morgan fingerprint density at radius 2 is 2.05 bits per heavy atom. The third-order valence-electron chi connectivity index (χ3n) is 3.07. The third-order valence-corrected chi connectivity index (χ3v) is 4.00. The van der Waals surface area contributed by atoms with Crippen molar-refractivity contribution in [2.75, 3.05) is 0 Å². The van der Waals surface area contributed by atoms with Gasteiger partial charge < -0.3 is 4.57 Å². The molecule has 0 spiro atoms. The molecule has 6 heteroatoms. The first-order valence-electron chi connectivity index (χ1n) is 6.11. The van der Waals surface area contributed by atoms with Gasteiger partial charge in [-0.2, -0.15) is 0 Å². The number of hydrogen-bond acceptors (Lipinski definition) is 2. The van der Waals surface area contributed by atoms with Crippen LogP contribution in [0.25, 0.3) is 10.9 Å². The molecule has 0 aliphatic heterocycles. The second kappa shape index (κ2) is 4.94. The molecule has 104 valence electrons. The van der Waals surface area contributed by atoms with Crippen molar-refractivity contribution in [3.8, 4) is 0 Å². The second-order valence-electron chi connectivity index (χ2n) is 5.05. The minimum Gasteiger partial charge on any atom is -0.346 e. The molecular weight excluding hydrogens is 267 g/mol. The van der Waals surface area contributed by atoms with Crippen molar-refractivity contribution in [2.24, 2.45) is 11.1 Å². The highest BCUT2D eigenvalue weighted by Gasteiger charge is 2.20. The van der Waals surface area contributed by atoms with E-state index in [2.05, 4.69) is 13.8 Å². The first-order valence-corrected chi connectivity index (χ1v) is 7.65. The summed E-state index contributed by atoms with van der Waals surface area (Å²) in [6.07, 6.45) is 2.30. The largest absolute Gasteiger partial charge is 0.346 e. The number of aryl methyl sites for hydroxylation is 1. The molecule has 0 unspecified atom stereocenters. The Balaban J connectivity index is 2.64. The fourth-order valence-corrected chi connectivity index (χ4v) is 2.83. The van der Waals surface area contributed by atoms with Crippen LogP contribution in [0.1, 0.15) is 20.3 Å². The minimum atomic E-state index is -3.93. The third kappa shape index (κ3) is 2.79. The van der Waals surface area contributed by atoms with E-state index >= 15 is 0 Å². The van der Waals surface area contributed by atoms with Gasteiger partial charge in [-0.05, 0) is 24.5 Å². The van der Waals surface area contributed by atoms with Gasteiger partial charge in [-0.25, -0.2) is 17.9 Å². The van der Waals surface area contributed by atoms with E-state index in [1.54, 1.807) is 16.7 Å². The average molecular weight is 284 g/mol. The summed E-state index contributed by atoms with van der Waals surface area (Å²) in [4.78, 5) is -0.149. The number of rotatable bonds is 4. The number of fused-ring (bicyclic) bond motifs is 1. The molecule has 1 aromatic carbocycles. The summed E-state index contributed by atoms with van der Waals surface area (Å²) in [6.45, 7) is 4.78. The summed E-state index contributed by atoms with van der Waals surface area (Å²) in [6, 6.07) is 4.51. The Bertz CT molecular complexity index is 705. The molecular formula is C13H17FN2O2S. The van der Waals surface area contributed by atoms with E-state index in [1.807, 2.05) is 0 Å². The fourth-order valence-electron chi connectivity index (χ4n) is 2.07. The molecule has 0 saturated heterocycles. The minimum absolute atomic E-state index is 0.0776. The van der Waals surface area contributed by atoms with Crippen LogP contribution in [0.4, 0.5) is 4.39 Å². The lowest BCUT2D eigenvalue weighted by Crippen LogP contribution is -2.12. The monoisotopic (exact) mass is 284 g/mol. The average Bonchev–Trinajstić information content (AvgIpc) is 2.66. The highest BCUT2D eigenvalue weighted by atomic mass is 32.2. The molecule has 0 aliphatic carbocycles. The van der Waals surface area contributed by atoms with E-state index < -0.39 is 15.8 Å². The van der Waals surface area contributed by atoms with Crippen LogP contribution in [-0.4, -0.2) is 13.0 Å². The van der Waals surface area contributed by atoms with E-state index in [0.29, 0.717) is 18.0 Å². The molecule has 2 rings (SSSR count). The molecule has 0 aliphatic rings. The Morgan fingerprint density at radius 1 is 1.37 bits per heavy atom. The lowest BCUT2D eigenvalue weighted by atomic mass is 10.1. The fraction of sp³-hybridized carbons (Fsp3) is 0.385. The number of halogens is 1. The molecule has 1 aromatic heterocycles. The first-order chi connectivity index (χ1) is 8.80. The predicted octanol–water partition coefficient (Wildman–Crippen LogP) is 2.47. The smallest absolute Gasteiger partial charge is 0.240 e. The van der Waals surface area contributed by atoms with E-state index in [-0.39, 0.29) is 10.3 Å². The maximum Gasteiger partial charge on any atom is 0.240 e. The van der Waals surface area contributed by atoms with Crippen LogP contribution >= 0.6 is 0 Å². The summed E-state index contributed by atoms with van der Waals surface area (Å²) >= 11 is 0.